The van der Waals surface area contributed by atoms with E-state index >= 15 is 0 Å². The normalized spacial score (nSPS) is 12.4. The first-order chi connectivity index (χ1) is 7.59. The first-order valence-corrected chi connectivity index (χ1v) is 7.20. The summed E-state index contributed by atoms with van der Waals surface area (Å²) in [6, 6.07) is 3.98. The number of carbonyl (C=O) groups excluding carboxylic acids is 1. The number of ketones is 1. The molecule has 0 saturated carbocycles. The van der Waals surface area contributed by atoms with Crippen LogP contribution in [-0.4, -0.2) is 37.5 Å². The van der Waals surface area contributed by atoms with E-state index in [1.165, 1.54) is 0 Å². The SMILES string of the molecule is O=C(CS(=O)(=O)O)c1ccc(S(=O)(=O)O)cc1. The lowest BCUT2D eigenvalue weighted by atomic mass is 10.1. The molecule has 0 aliphatic rings. The van der Waals surface area contributed by atoms with Crippen molar-refractivity contribution < 1.29 is 30.7 Å². The average Bonchev–Trinajstić information content (AvgIpc) is 2.14. The number of hydrogen-bond acceptors (Lipinski definition) is 5. The standard InChI is InChI=1S/C8H8O7S2/c9-8(5-16(10,11)12)6-1-3-7(4-2-6)17(13,14)15/h1-4H,5H2,(H,10,11,12)(H,13,14,15). The molecule has 2 N–H and O–H groups in total. The average molecular weight is 280 g/mol. The van der Waals surface area contributed by atoms with Crippen molar-refractivity contribution in [2.24, 2.45) is 0 Å². The molecule has 94 valence electrons. The Morgan fingerprint density at radius 1 is 1.00 bits per heavy atom. The van der Waals surface area contributed by atoms with Gasteiger partial charge in [0.1, 0.15) is 5.75 Å². The summed E-state index contributed by atoms with van der Waals surface area (Å²) >= 11 is 0. The van der Waals surface area contributed by atoms with Crippen molar-refractivity contribution in [3.8, 4) is 0 Å². The van der Waals surface area contributed by atoms with Crippen LogP contribution in [0.4, 0.5) is 0 Å². The summed E-state index contributed by atoms with van der Waals surface area (Å²) in [7, 11) is -8.79. The number of hydrogen-bond donors (Lipinski definition) is 2. The first kappa shape index (κ1) is 13.8. The predicted octanol–water partition coefficient (Wildman–Crippen LogP) is 0.00380. The predicted molar refractivity (Wildman–Crippen MR) is 57.0 cm³/mol. The van der Waals surface area contributed by atoms with Gasteiger partial charge < -0.3 is 0 Å². The van der Waals surface area contributed by atoms with Gasteiger partial charge in [0, 0.05) is 5.56 Å². The van der Waals surface area contributed by atoms with Crippen LogP contribution in [-0.2, 0) is 20.2 Å². The highest BCUT2D eigenvalue weighted by atomic mass is 32.2. The lowest BCUT2D eigenvalue weighted by Crippen LogP contribution is -2.15. The quantitative estimate of drug-likeness (QED) is 0.587. The van der Waals surface area contributed by atoms with E-state index in [9.17, 15) is 21.6 Å². The Balaban J connectivity index is 3.00. The van der Waals surface area contributed by atoms with E-state index in [4.69, 9.17) is 9.11 Å². The van der Waals surface area contributed by atoms with Gasteiger partial charge in [0.05, 0.1) is 4.90 Å². The summed E-state index contributed by atoms with van der Waals surface area (Å²) in [6.07, 6.45) is 0. The van der Waals surface area contributed by atoms with E-state index in [1.807, 2.05) is 0 Å². The van der Waals surface area contributed by atoms with Crippen LogP contribution in [0, 0.1) is 0 Å². The summed E-state index contributed by atoms with van der Waals surface area (Å²) in [4.78, 5) is 10.9. The lowest BCUT2D eigenvalue weighted by molar-refractivity contribution is 0.101. The Kier molecular flexibility index (Phi) is 3.67. The summed E-state index contributed by atoms with van der Waals surface area (Å²) in [5, 5.41) is 0. The molecule has 0 fully saturated rings. The van der Waals surface area contributed by atoms with E-state index in [-0.39, 0.29) is 5.56 Å². The van der Waals surface area contributed by atoms with E-state index in [1.54, 1.807) is 0 Å². The zero-order chi connectivity index (χ0) is 13.3. The third-order valence-corrected chi connectivity index (χ3v) is 3.28. The van der Waals surface area contributed by atoms with Crippen LogP contribution in [0.15, 0.2) is 29.2 Å². The second-order valence-electron chi connectivity index (χ2n) is 3.15. The highest BCUT2D eigenvalue weighted by molar-refractivity contribution is 7.86. The van der Waals surface area contributed by atoms with Crippen molar-refractivity contribution in [1.82, 2.24) is 0 Å². The van der Waals surface area contributed by atoms with Crippen LogP contribution < -0.4 is 0 Å². The van der Waals surface area contributed by atoms with Gasteiger partial charge >= 0.3 is 0 Å². The van der Waals surface area contributed by atoms with Crippen molar-refractivity contribution >= 4 is 26.0 Å². The van der Waals surface area contributed by atoms with Gasteiger partial charge in [-0.25, -0.2) is 0 Å². The molecule has 0 bridgehead atoms. The molecule has 9 heteroatoms. The Morgan fingerprint density at radius 3 is 1.82 bits per heavy atom. The molecular formula is C8H8O7S2. The number of rotatable bonds is 4. The lowest BCUT2D eigenvalue weighted by Gasteiger charge is -2.00. The minimum absolute atomic E-state index is 0.0879. The van der Waals surface area contributed by atoms with Crippen molar-refractivity contribution in [2.45, 2.75) is 4.90 Å². The van der Waals surface area contributed by atoms with E-state index in [0.717, 1.165) is 24.3 Å². The van der Waals surface area contributed by atoms with Crippen LogP contribution in [0.5, 0.6) is 0 Å². The molecule has 0 heterocycles. The fraction of sp³-hybridized carbons (Fsp3) is 0.125. The van der Waals surface area contributed by atoms with Crippen molar-refractivity contribution in [3.63, 3.8) is 0 Å². The Labute approximate surface area is 97.6 Å². The summed E-state index contributed by atoms with van der Waals surface area (Å²) in [5.41, 5.74) is -0.0879. The molecule has 0 amide bonds. The minimum Gasteiger partial charge on any atom is -0.293 e. The van der Waals surface area contributed by atoms with Crippen molar-refractivity contribution in [1.29, 1.82) is 0 Å². The molecule has 0 atom stereocenters. The molecule has 0 radical (unpaired) electrons. The Bertz CT molecular complexity index is 625. The van der Waals surface area contributed by atoms with Gasteiger partial charge in [-0.3, -0.25) is 13.9 Å². The van der Waals surface area contributed by atoms with Crippen LogP contribution >= 0.6 is 0 Å². The van der Waals surface area contributed by atoms with Crippen LogP contribution in [0.3, 0.4) is 0 Å². The highest BCUT2D eigenvalue weighted by Gasteiger charge is 2.16. The van der Waals surface area contributed by atoms with Gasteiger partial charge in [0.25, 0.3) is 20.2 Å². The molecule has 17 heavy (non-hydrogen) atoms. The van der Waals surface area contributed by atoms with Crippen LogP contribution in [0.1, 0.15) is 10.4 Å². The van der Waals surface area contributed by atoms with Crippen molar-refractivity contribution in [2.75, 3.05) is 5.75 Å². The molecule has 0 saturated heterocycles. The Morgan fingerprint density at radius 2 is 1.47 bits per heavy atom. The summed E-state index contributed by atoms with van der Waals surface area (Å²) < 4.78 is 59.3. The Hall–Kier alpha value is -1.29. The second-order valence-corrected chi connectivity index (χ2v) is 6.02. The minimum atomic E-state index is -4.43. The largest absolute Gasteiger partial charge is 0.294 e. The fourth-order valence-electron chi connectivity index (χ4n) is 1.06. The highest BCUT2D eigenvalue weighted by Crippen LogP contribution is 2.11. The second kappa shape index (κ2) is 4.53. The van der Waals surface area contributed by atoms with E-state index in [2.05, 4.69) is 0 Å². The smallest absolute Gasteiger partial charge is 0.293 e. The monoisotopic (exact) mass is 280 g/mol. The number of benzene rings is 1. The molecule has 7 nitrogen and oxygen atoms in total. The summed E-state index contributed by atoms with van der Waals surface area (Å²) in [6.45, 7) is 0. The topological polar surface area (TPSA) is 126 Å². The molecule has 1 aromatic carbocycles. The number of Topliss-reactive ketones (excluding diaryl/α,β-unsaturated/α-hetero) is 1. The molecule has 0 aliphatic heterocycles. The third-order valence-electron chi connectivity index (χ3n) is 1.79. The van der Waals surface area contributed by atoms with Gasteiger partial charge in [-0.15, -0.1) is 0 Å². The van der Waals surface area contributed by atoms with E-state index in [0.29, 0.717) is 0 Å². The number of carbonyl (C=O) groups is 1. The zero-order valence-corrected chi connectivity index (χ0v) is 9.90. The van der Waals surface area contributed by atoms with Gasteiger partial charge in [-0.2, -0.15) is 16.8 Å². The maximum atomic E-state index is 11.3. The molecular weight excluding hydrogens is 272 g/mol. The van der Waals surface area contributed by atoms with Crippen molar-refractivity contribution in [3.05, 3.63) is 29.8 Å². The molecule has 1 aromatic rings. The maximum absolute atomic E-state index is 11.3. The third kappa shape index (κ3) is 4.23. The van der Waals surface area contributed by atoms with E-state index < -0.39 is 36.7 Å². The first-order valence-electron chi connectivity index (χ1n) is 4.15. The van der Waals surface area contributed by atoms with Crippen LogP contribution in [0.2, 0.25) is 0 Å². The van der Waals surface area contributed by atoms with Gasteiger partial charge in [-0.05, 0) is 24.3 Å². The van der Waals surface area contributed by atoms with Gasteiger partial charge in [0.2, 0.25) is 0 Å². The molecule has 0 aliphatic carbocycles. The molecule has 0 unspecified atom stereocenters. The zero-order valence-electron chi connectivity index (χ0n) is 8.27. The van der Waals surface area contributed by atoms with Crippen LogP contribution in [0.25, 0.3) is 0 Å². The summed E-state index contributed by atoms with van der Waals surface area (Å²) in [5.74, 6) is -1.97. The maximum Gasteiger partial charge on any atom is 0.294 e. The van der Waals surface area contributed by atoms with Gasteiger partial charge in [-0.1, -0.05) is 0 Å². The fourth-order valence-corrected chi connectivity index (χ4v) is 2.04. The molecule has 1 rings (SSSR count). The van der Waals surface area contributed by atoms with Gasteiger partial charge in [0.15, 0.2) is 5.78 Å². The molecule has 0 spiro atoms. The molecule has 0 aromatic heterocycles.